The Kier molecular flexibility index (Phi) is 11.6. The topological polar surface area (TPSA) is 16.3 Å². The lowest BCUT2D eigenvalue weighted by Crippen LogP contribution is -2.61. The summed E-state index contributed by atoms with van der Waals surface area (Å²) in [4.78, 5) is 3.17. The predicted molar refractivity (Wildman–Crippen MR) is 519 cm³/mol. The van der Waals surface area contributed by atoms with Crippen molar-refractivity contribution in [3.63, 3.8) is 0 Å². The van der Waals surface area contributed by atoms with Gasteiger partial charge in [0.15, 0.2) is 0 Å². The van der Waals surface area contributed by atoms with E-state index in [-0.39, 0.29) is 179 Å². The third-order valence-corrected chi connectivity index (χ3v) is 22.6. The van der Waals surface area contributed by atoms with Crippen molar-refractivity contribution in [1.29, 1.82) is 0 Å². The second-order valence-electron chi connectivity index (χ2n) is 41.3. The van der Waals surface area contributed by atoms with Crippen LogP contribution in [0, 0.1) is 0 Å². The van der Waals surface area contributed by atoms with Gasteiger partial charge in [0.05, 0.1) is 80.0 Å². The standard InChI is InChI=1S/C114H123BN4/c1-106(2,3)74-48-44-70(45-49-74)89-62-80(112(19,20)21)64-91(72-56-76(108(7,8)9)60-77(57-72)109(10,11)12)104(89)118-99-68-83(116-95-40-32-28-36-85(95)86-37-29-33-41-96(86)116)52-54-93(99)115-94-55-53-84(117-97-42-34-30-38-87(97)88-39-31-35-43-98(88)117)69-100(94)119(102-67-82(114(25,26)27)66-101(118)103(102)115)105-90(71-46-50-75(51-47-71)107(4,5)6)63-81(113(22,23)24)65-92(105)73-58-78(110(13,14)15)61-79(59-73)111(16,17)18/h28-69H,1-27H3/i28D,29D,30D,31D,32D,33D,34D,35D,36D,37D,38D,39D,40D,41D,42D,43D,44D,45D,46D,47D,48D,49D,50D,51D,56D,57D,58D,59D,60D,61D,62D,63D,64D,65D. The first-order valence-corrected chi connectivity index (χ1v) is 40.9. The van der Waals surface area contributed by atoms with E-state index in [1.165, 1.54) is 33.4 Å². The van der Waals surface area contributed by atoms with Gasteiger partial charge in [0.25, 0.3) is 6.71 Å². The Morgan fingerprint density at radius 1 is 0.235 bits per heavy atom. The number of hydrogen-bond acceptors (Lipinski definition) is 2. The predicted octanol–water partition coefficient (Wildman–Crippen LogP) is 30.3. The van der Waals surface area contributed by atoms with Gasteiger partial charge < -0.3 is 18.9 Å². The smallest absolute Gasteiger partial charge is 0.252 e. The van der Waals surface area contributed by atoms with E-state index in [0.29, 0.717) is 0 Å². The van der Waals surface area contributed by atoms with Gasteiger partial charge in [0.1, 0.15) is 0 Å². The third kappa shape index (κ3) is 14.2. The fourth-order valence-electron chi connectivity index (χ4n) is 15.8. The molecule has 0 fully saturated rings. The molecule has 13 aromatic carbocycles. The maximum absolute atomic E-state index is 11.7. The van der Waals surface area contributed by atoms with E-state index >= 15 is 0 Å². The molecular weight excluding hydrogens is 1440 g/mol. The van der Waals surface area contributed by atoms with E-state index in [1.807, 2.05) is 20.8 Å². The van der Waals surface area contributed by atoms with E-state index in [0.717, 1.165) is 0 Å². The highest BCUT2D eigenvalue weighted by molar-refractivity contribution is 7.00. The molecule has 2 aliphatic heterocycles. The molecule has 0 bridgehead atoms. The van der Waals surface area contributed by atoms with Crippen molar-refractivity contribution < 1.29 is 46.6 Å². The molecule has 2 aliphatic rings. The zero-order chi connectivity index (χ0) is 114. The number of benzene rings is 13. The molecule has 0 radical (unpaired) electrons. The van der Waals surface area contributed by atoms with E-state index in [1.54, 1.807) is 200 Å². The summed E-state index contributed by atoms with van der Waals surface area (Å²) in [5.41, 5.74) is -17.4. The Morgan fingerprint density at radius 3 is 0.756 bits per heavy atom. The summed E-state index contributed by atoms with van der Waals surface area (Å²) in [6.07, 6.45) is 0. The van der Waals surface area contributed by atoms with E-state index in [9.17, 15) is 46.6 Å². The van der Waals surface area contributed by atoms with Gasteiger partial charge in [-0.3, -0.25) is 0 Å². The number of anilines is 6. The first-order valence-electron chi connectivity index (χ1n) is 57.9. The summed E-state index contributed by atoms with van der Waals surface area (Å²) in [5, 5.41) is -1.40. The van der Waals surface area contributed by atoms with Gasteiger partial charge in [-0.25, -0.2) is 0 Å². The largest absolute Gasteiger partial charge is 0.310 e. The Balaban J connectivity index is 1.27. The lowest BCUT2D eigenvalue weighted by atomic mass is 9.33. The van der Waals surface area contributed by atoms with E-state index < -0.39 is 282 Å². The molecule has 0 amide bonds. The van der Waals surface area contributed by atoms with Gasteiger partial charge in [-0.2, -0.15) is 0 Å². The molecule has 0 saturated carbocycles. The van der Waals surface area contributed by atoms with Crippen LogP contribution in [-0.4, -0.2) is 15.8 Å². The summed E-state index contributed by atoms with van der Waals surface area (Å²) in [6.45, 7) is 46.0. The van der Waals surface area contributed by atoms with Crippen LogP contribution in [0.1, 0.15) is 284 Å². The summed E-state index contributed by atoms with van der Waals surface area (Å²) in [7, 11) is 0. The fourth-order valence-corrected chi connectivity index (χ4v) is 15.8. The first-order chi connectivity index (χ1) is 70.0. The highest BCUT2D eigenvalue weighted by atomic mass is 15.2. The van der Waals surface area contributed by atoms with Crippen LogP contribution in [0.2, 0.25) is 0 Å². The molecular formula is C114H123BN4. The van der Waals surface area contributed by atoms with E-state index in [4.69, 9.17) is 0 Å². The minimum Gasteiger partial charge on any atom is -0.310 e. The Labute approximate surface area is 759 Å². The number of nitrogens with zero attached hydrogens (tertiary/aromatic N) is 4. The van der Waals surface area contributed by atoms with Crippen LogP contribution < -0.4 is 26.2 Å². The monoisotopic (exact) mass is 1590 g/mol. The minimum absolute atomic E-state index is 0.0620. The lowest BCUT2D eigenvalue weighted by Gasteiger charge is -2.47. The number of fused-ring (bicyclic) bond motifs is 10. The second-order valence-corrected chi connectivity index (χ2v) is 41.3. The average molecular weight is 1590 g/mol. The van der Waals surface area contributed by atoms with Crippen molar-refractivity contribution in [3.8, 4) is 55.9 Å². The molecule has 17 rings (SSSR count). The molecule has 4 nitrogen and oxygen atoms in total. The van der Waals surface area contributed by atoms with Gasteiger partial charge in [-0.1, -0.05) is 356 Å². The Morgan fingerprint density at radius 2 is 0.487 bits per heavy atom. The lowest BCUT2D eigenvalue weighted by molar-refractivity contribution is 0.568. The normalized spacial score (nSPS) is 17.8. The maximum atomic E-state index is 11.7. The van der Waals surface area contributed by atoms with Crippen LogP contribution in [0.15, 0.2) is 254 Å². The van der Waals surface area contributed by atoms with Gasteiger partial charge in [0, 0.05) is 77.9 Å². The molecule has 15 aromatic rings. The minimum atomic E-state index is -1.51. The molecule has 0 unspecified atom stereocenters. The Hall–Kier alpha value is -10.9. The molecule has 4 heterocycles. The number of para-hydroxylation sites is 4. The van der Waals surface area contributed by atoms with Crippen molar-refractivity contribution in [1.82, 2.24) is 9.13 Å². The van der Waals surface area contributed by atoms with E-state index in [2.05, 4.69) is 0 Å². The molecule has 602 valence electrons. The van der Waals surface area contributed by atoms with Crippen LogP contribution in [0.3, 0.4) is 0 Å². The van der Waals surface area contributed by atoms with Crippen LogP contribution in [0.4, 0.5) is 34.1 Å². The third-order valence-electron chi connectivity index (χ3n) is 22.6. The fraction of sp³-hybridized carbons (Fsp3) is 0.316. The maximum Gasteiger partial charge on any atom is 0.252 e. The molecule has 0 atom stereocenters. The molecule has 0 N–H and O–H groups in total. The molecule has 0 aliphatic carbocycles. The number of hydrogen-bond donors (Lipinski definition) is 0. The Bertz CT molecular complexity index is 7980. The SMILES string of the molecule is [2H]c1c([2H])c(C(C)(C)C)c([2H])c([2H])c1-c1c([2H])c(C(C)(C)C)c([2H])c(-c2c([2H])c(C(C)(C)C)c([2H])c(C(C)(C)C)c2[2H])c1N1c2cc(-n3c4c([2H])c([2H])c([2H])c([2H])c4c4c([2H])c([2H])c([2H])c([2H])c43)ccc2B2c3ccc(-n4c5c([2H])c([2H])c([2H])c([2H])c5c5c([2H])c([2H])c([2H])c([2H])c54)cc3N(c3c(-c4c([2H])c([2H])c(C(C)(C)C)c([2H])c4[2H])c([2H])c(C(C)(C)C)c([2H])c3-c3c([2H])c(C(C)(C)C)c([2H])c(C(C)(C)C)c3[2H])c3cc(C(C)(C)C)cc1c32. The molecule has 0 saturated heterocycles. The van der Waals surface area contributed by atoms with Gasteiger partial charge in [0.2, 0.25) is 0 Å². The summed E-state index contributed by atoms with van der Waals surface area (Å²) in [5.74, 6) is 0. The van der Waals surface area contributed by atoms with Crippen molar-refractivity contribution >= 4 is 101 Å². The van der Waals surface area contributed by atoms with Crippen LogP contribution >= 0.6 is 0 Å². The molecule has 5 heteroatoms. The zero-order valence-electron chi connectivity index (χ0n) is 107. The number of aromatic nitrogens is 2. The average Bonchev–Trinajstić information content (AvgIpc) is 1.66. The quantitative estimate of drug-likeness (QED) is 0.141. The van der Waals surface area contributed by atoms with Gasteiger partial charge in [-0.15, -0.1) is 0 Å². The number of rotatable bonds is 8. The van der Waals surface area contributed by atoms with Crippen molar-refractivity contribution in [2.75, 3.05) is 9.80 Å². The highest BCUT2D eigenvalue weighted by Gasteiger charge is 2.47. The summed E-state index contributed by atoms with van der Waals surface area (Å²) < 4.78 is 356. The molecule has 2 aromatic heterocycles. The van der Waals surface area contributed by atoms with Crippen LogP contribution in [0.5, 0.6) is 0 Å². The van der Waals surface area contributed by atoms with Crippen molar-refractivity contribution in [2.45, 2.75) is 236 Å². The van der Waals surface area contributed by atoms with Crippen molar-refractivity contribution in [3.05, 3.63) is 304 Å². The molecule has 0 spiro atoms. The first kappa shape index (κ1) is 49.6. The van der Waals surface area contributed by atoms with Crippen LogP contribution in [0.25, 0.3) is 99.5 Å². The highest BCUT2D eigenvalue weighted by Crippen LogP contribution is 2.57. The zero-order valence-corrected chi connectivity index (χ0v) is 73.5. The van der Waals surface area contributed by atoms with Gasteiger partial charge in [-0.05, 0) is 222 Å². The van der Waals surface area contributed by atoms with Gasteiger partial charge >= 0.3 is 0 Å². The van der Waals surface area contributed by atoms with Crippen molar-refractivity contribution in [2.24, 2.45) is 0 Å². The summed E-state index contributed by atoms with van der Waals surface area (Å²) in [6, 6.07) is -8.96. The summed E-state index contributed by atoms with van der Waals surface area (Å²) >= 11 is 0. The second kappa shape index (κ2) is 27.9. The van der Waals surface area contributed by atoms with Crippen LogP contribution in [-0.2, 0) is 48.7 Å². The molecule has 119 heavy (non-hydrogen) atoms.